The summed E-state index contributed by atoms with van der Waals surface area (Å²) in [6.45, 7) is 4.64. The van der Waals surface area contributed by atoms with Crippen LogP contribution in [-0.2, 0) is 14.3 Å². The third kappa shape index (κ3) is 12.0. The van der Waals surface area contributed by atoms with Gasteiger partial charge in [0.05, 0.1) is 6.42 Å². The quantitative estimate of drug-likeness (QED) is 0.320. The lowest BCUT2D eigenvalue weighted by atomic mass is 9.91. The lowest BCUT2D eigenvalue weighted by Crippen LogP contribution is -2.44. The van der Waals surface area contributed by atoms with Crippen LogP contribution >= 0.6 is 0 Å². The molecule has 25 heavy (non-hydrogen) atoms. The number of aliphatic carboxylic acids is 2. The number of hydrogen-bond donors (Lipinski definition) is 2. The number of unbranched alkanes of at least 4 members (excludes halogenated alkanes) is 10. The summed E-state index contributed by atoms with van der Waals surface area (Å²) in [5.74, 6) is -2.26. The molecule has 1 unspecified atom stereocenters. The van der Waals surface area contributed by atoms with Gasteiger partial charge in [0, 0.05) is 6.61 Å². The molecule has 1 atom stereocenters. The molecule has 0 bridgehead atoms. The topological polar surface area (TPSA) is 83.8 Å². The Morgan fingerprint density at radius 3 is 1.72 bits per heavy atom. The van der Waals surface area contributed by atoms with Gasteiger partial charge in [0.2, 0.25) is 0 Å². The Hall–Kier alpha value is -1.10. The number of carboxylic acid groups (broad SMARTS) is 2. The summed E-state index contributed by atoms with van der Waals surface area (Å²) in [4.78, 5) is 22.9. The van der Waals surface area contributed by atoms with Gasteiger partial charge in [-0.1, -0.05) is 78.1 Å². The molecule has 0 saturated carbocycles. The number of carbonyl (C=O) groups is 2. The Morgan fingerprint density at radius 2 is 1.24 bits per heavy atom. The van der Waals surface area contributed by atoms with Gasteiger partial charge in [-0.3, -0.25) is 4.79 Å². The van der Waals surface area contributed by atoms with Crippen LogP contribution in [0.15, 0.2) is 0 Å². The zero-order chi connectivity index (χ0) is 19.0. The highest BCUT2D eigenvalue weighted by molar-refractivity contribution is 5.83. The van der Waals surface area contributed by atoms with Gasteiger partial charge in [0.1, 0.15) is 0 Å². The molecule has 5 nitrogen and oxygen atoms in total. The molecule has 0 rings (SSSR count). The third-order valence-electron chi connectivity index (χ3n) is 4.64. The van der Waals surface area contributed by atoms with Crippen LogP contribution in [-0.4, -0.2) is 34.4 Å². The van der Waals surface area contributed by atoms with E-state index in [0.29, 0.717) is 13.0 Å². The second-order valence-corrected chi connectivity index (χ2v) is 7.00. The zero-order valence-corrected chi connectivity index (χ0v) is 16.2. The van der Waals surface area contributed by atoms with Crippen molar-refractivity contribution in [2.45, 2.75) is 109 Å². The number of carboxylic acids is 2. The molecule has 5 heteroatoms. The summed E-state index contributed by atoms with van der Waals surface area (Å²) in [6.07, 6.45) is 12.5. The second-order valence-electron chi connectivity index (χ2n) is 7.00. The Labute approximate surface area is 153 Å². The molecule has 0 aromatic rings. The molecule has 2 N–H and O–H groups in total. The third-order valence-corrected chi connectivity index (χ3v) is 4.64. The molecule has 0 aliphatic rings. The van der Waals surface area contributed by atoms with Crippen LogP contribution in [0.25, 0.3) is 0 Å². The average Bonchev–Trinajstić information content (AvgIpc) is 2.56. The van der Waals surface area contributed by atoms with Crippen molar-refractivity contribution in [1.82, 2.24) is 0 Å². The van der Waals surface area contributed by atoms with E-state index in [1.165, 1.54) is 32.1 Å². The largest absolute Gasteiger partial charge is 0.481 e. The van der Waals surface area contributed by atoms with Gasteiger partial charge in [0.25, 0.3) is 0 Å². The molecule has 148 valence electrons. The highest BCUT2D eigenvalue weighted by Gasteiger charge is 2.41. The number of ether oxygens (including phenoxy) is 1. The first-order valence-corrected chi connectivity index (χ1v) is 10.1. The average molecular weight is 359 g/mol. The summed E-state index contributed by atoms with van der Waals surface area (Å²) in [5, 5.41) is 18.7. The Morgan fingerprint density at radius 1 is 0.760 bits per heavy atom. The van der Waals surface area contributed by atoms with Crippen LogP contribution in [0.5, 0.6) is 0 Å². The Kier molecular flexibility index (Phi) is 14.5. The number of hydrogen-bond acceptors (Lipinski definition) is 3. The minimum atomic E-state index is -1.57. The SMILES string of the molecule is CCCCCCCCOC(CCCCCCCC)(CC(=O)O)C(=O)O. The smallest absolute Gasteiger partial charge is 0.336 e. The first-order valence-electron chi connectivity index (χ1n) is 10.1. The zero-order valence-electron chi connectivity index (χ0n) is 16.2. The van der Waals surface area contributed by atoms with Crippen molar-refractivity contribution in [2.24, 2.45) is 0 Å². The lowest BCUT2D eigenvalue weighted by molar-refractivity contribution is -0.174. The van der Waals surface area contributed by atoms with Crippen LogP contribution in [0.2, 0.25) is 0 Å². The molecule has 0 spiro atoms. The van der Waals surface area contributed by atoms with Crippen molar-refractivity contribution in [3.8, 4) is 0 Å². The van der Waals surface area contributed by atoms with Gasteiger partial charge >= 0.3 is 11.9 Å². The van der Waals surface area contributed by atoms with Gasteiger partial charge in [-0.2, -0.15) is 0 Å². The highest BCUT2D eigenvalue weighted by Crippen LogP contribution is 2.26. The summed E-state index contributed by atoms with van der Waals surface area (Å²) >= 11 is 0. The van der Waals surface area contributed by atoms with Crippen LogP contribution in [0, 0.1) is 0 Å². The van der Waals surface area contributed by atoms with E-state index in [1.807, 2.05) is 0 Å². The van der Waals surface area contributed by atoms with Crippen molar-refractivity contribution in [2.75, 3.05) is 6.61 Å². The first kappa shape index (κ1) is 23.9. The fraction of sp³-hybridized carbons (Fsp3) is 0.900. The molecule has 0 aliphatic heterocycles. The molecule has 0 fully saturated rings. The minimum Gasteiger partial charge on any atom is -0.481 e. The highest BCUT2D eigenvalue weighted by atomic mass is 16.5. The predicted molar refractivity (Wildman–Crippen MR) is 99.9 cm³/mol. The molecule has 0 saturated heterocycles. The molecular weight excluding hydrogens is 320 g/mol. The van der Waals surface area contributed by atoms with Crippen LogP contribution in [0.4, 0.5) is 0 Å². The van der Waals surface area contributed by atoms with Crippen molar-refractivity contribution < 1.29 is 24.5 Å². The molecule has 0 aromatic heterocycles. The Balaban J connectivity index is 4.36. The van der Waals surface area contributed by atoms with Crippen molar-refractivity contribution >= 4 is 11.9 Å². The van der Waals surface area contributed by atoms with E-state index in [0.717, 1.165) is 38.5 Å². The number of rotatable bonds is 18. The van der Waals surface area contributed by atoms with Gasteiger partial charge in [0.15, 0.2) is 5.60 Å². The van der Waals surface area contributed by atoms with E-state index >= 15 is 0 Å². The summed E-state index contributed by atoms with van der Waals surface area (Å²) in [5.41, 5.74) is -1.57. The second kappa shape index (κ2) is 15.2. The van der Waals surface area contributed by atoms with Crippen LogP contribution in [0.3, 0.4) is 0 Å². The predicted octanol–water partition coefficient (Wildman–Crippen LogP) is 5.41. The summed E-state index contributed by atoms with van der Waals surface area (Å²) in [6, 6.07) is 0. The van der Waals surface area contributed by atoms with E-state index < -0.39 is 24.0 Å². The van der Waals surface area contributed by atoms with E-state index in [4.69, 9.17) is 9.84 Å². The van der Waals surface area contributed by atoms with Gasteiger partial charge in [-0.25, -0.2) is 4.79 Å². The van der Waals surface area contributed by atoms with Crippen molar-refractivity contribution in [1.29, 1.82) is 0 Å². The first-order chi connectivity index (χ1) is 12.0. The lowest BCUT2D eigenvalue weighted by Gasteiger charge is -2.28. The van der Waals surface area contributed by atoms with Crippen LogP contribution in [0.1, 0.15) is 104 Å². The fourth-order valence-electron chi connectivity index (χ4n) is 3.04. The maximum absolute atomic E-state index is 11.7. The van der Waals surface area contributed by atoms with Gasteiger partial charge in [-0.15, -0.1) is 0 Å². The summed E-state index contributed by atoms with van der Waals surface area (Å²) in [7, 11) is 0. The minimum absolute atomic E-state index is 0.274. The summed E-state index contributed by atoms with van der Waals surface area (Å²) < 4.78 is 5.66. The maximum atomic E-state index is 11.7. The van der Waals surface area contributed by atoms with E-state index in [-0.39, 0.29) is 6.42 Å². The van der Waals surface area contributed by atoms with E-state index in [9.17, 15) is 14.7 Å². The Bertz CT molecular complexity index is 356. The fourth-order valence-corrected chi connectivity index (χ4v) is 3.04. The monoisotopic (exact) mass is 358 g/mol. The molecular formula is C20H38O5. The molecule has 0 radical (unpaired) electrons. The molecule has 0 heterocycles. The molecule has 0 aromatic carbocycles. The van der Waals surface area contributed by atoms with Gasteiger partial charge < -0.3 is 14.9 Å². The molecule has 0 amide bonds. The van der Waals surface area contributed by atoms with E-state index in [2.05, 4.69) is 13.8 Å². The van der Waals surface area contributed by atoms with Crippen molar-refractivity contribution in [3.05, 3.63) is 0 Å². The normalized spacial score (nSPS) is 13.5. The molecule has 0 aliphatic carbocycles. The maximum Gasteiger partial charge on any atom is 0.336 e. The van der Waals surface area contributed by atoms with E-state index in [1.54, 1.807) is 0 Å². The standard InChI is InChI=1S/C20H38O5/c1-3-5-7-9-11-13-15-20(19(23)24,17-18(21)22)25-16-14-12-10-8-6-4-2/h3-17H2,1-2H3,(H,21,22)(H,23,24). The van der Waals surface area contributed by atoms with Gasteiger partial charge in [-0.05, 0) is 19.3 Å². The van der Waals surface area contributed by atoms with Crippen molar-refractivity contribution in [3.63, 3.8) is 0 Å². The van der Waals surface area contributed by atoms with Crippen LogP contribution < -0.4 is 0 Å².